The minimum absolute atomic E-state index is 0.0468. The van der Waals surface area contributed by atoms with Gasteiger partial charge in [0.25, 0.3) is 5.69 Å². The van der Waals surface area contributed by atoms with Gasteiger partial charge in [0.2, 0.25) is 5.91 Å². The zero-order valence-corrected chi connectivity index (χ0v) is 11.3. The number of carbonyl (C=O) groups excluding carboxylic acids is 1. The molecular weight excluding hydrogens is 258 g/mol. The molecule has 2 heterocycles. The van der Waals surface area contributed by atoms with Gasteiger partial charge in [0.1, 0.15) is 5.69 Å². The van der Waals surface area contributed by atoms with Crippen LogP contribution in [0.25, 0.3) is 0 Å². The lowest BCUT2D eigenvalue weighted by molar-refractivity contribution is -0.384. The van der Waals surface area contributed by atoms with Gasteiger partial charge in [-0.1, -0.05) is 6.07 Å². The van der Waals surface area contributed by atoms with Gasteiger partial charge in [-0.25, -0.2) is 0 Å². The molecule has 3 unspecified atom stereocenters. The molecule has 0 radical (unpaired) electrons. The second-order valence-electron chi connectivity index (χ2n) is 5.66. The summed E-state index contributed by atoms with van der Waals surface area (Å²) in [6.07, 6.45) is 2.97. The number of hydrogen-bond donors (Lipinski definition) is 2. The highest BCUT2D eigenvalue weighted by Gasteiger charge is 2.42. The first-order chi connectivity index (χ1) is 9.54. The third-order valence-corrected chi connectivity index (χ3v) is 4.24. The lowest BCUT2D eigenvalue weighted by Crippen LogP contribution is -2.33. The highest BCUT2D eigenvalue weighted by Crippen LogP contribution is 2.34. The van der Waals surface area contributed by atoms with Crippen molar-refractivity contribution in [3.63, 3.8) is 0 Å². The zero-order valence-electron chi connectivity index (χ0n) is 11.3. The standard InChI is InChI=1S/C14H17N3O3/c1-8-2-4-12(13(6-8)17(19)20)16-14(18)10-7-9-3-5-11(10)15-9/h2,4,6,9-11,15H,3,5,7H2,1H3,(H,16,18). The third-order valence-electron chi connectivity index (χ3n) is 4.24. The van der Waals surface area contributed by atoms with Gasteiger partial charge in [0, 0.05) is 18.2 Å². The fraction of sp³-hybridized carbons (Fsp3) is 0.500. The van der Waals surface area contributed by atoms with Crippen LogP contribution in [0.4, 0.5) is 11.4 Å². The van der Waals surface area contributed by atoms with Crippen LogP contribution in [-0.2, 0) is 4.79 Å². The Morgan fingerprint density at radius 2 is 2.25 bits per heavy atom. The maximum absolute atomic E-state index is 12.3. The summed E-state index contributed by atoms with van der Waals surface area (Å²) in [5.74, 6) is -0.189. The van der Waals surface area contributed by atoms with Crippen molar-refractivity contribution >= 4 is 17.3 Å². The quantitative estimate of drug-likeness (QED) is 0.652. The number of amides is 1. The number of nitro groups is 1. The number of fused-ring (bicyclic) bond motifs is 2. The molecule has 2 saturated heterocycles. The second kappa shape index (κ2) is 4.86. The van der Waals surface area contributed by atoms with Crippen LogP contribution in [0.15, 0.2) is 18.2 Å². The van der Waals surface area contributed by atoms with Gasteiger partial charge >= 0.3 is 0 Å². The Labute approximate surface area is 116 Å². The van der Waals surface area contributed by atoms with Crippen LogP contribution in [0.3, 0.4) is 0 Å². The van der Waals surface area contributed by atoms with Crippen molar-refractivity contribution in [2.45, 2.75) is 38.3 Å². The molecule has 2 N–H and O–H groups in total. The maximum atomic E-state index is 12.3. The summed E-state index contributed by atoms with van der Waals surface area (Å²) in [4.78, 5) is 22.9. The molecule has 20 heavy (non-hydrogen) atoms. The van der Waals surface area contributed by atoms with E-state index in [2.05, 4.69) is 10.6 Å². The number of aryl methyl sites for hydroxylation is 1. The molecule has 2 bridgehead atoms. The fourth-order valence-electron chi connectivity index (χ4n) is 3.24. The lowest BCUT2D eigenvalue weighted by Gasteiger charge is -2.19. The molecular formula is C14H17N3O3. The van der Waals surface area contributed by atoms with E-state index in [0.717, 1.165) is 24.8 Å². The summed E-state index contributed by atoms with van der Waals surface area (Å²) in [5, 5.41) is 17.2. The number of nitro benzene ring substituents is 1. The van der Waals surface area contributed by atoms with Crippen LogP contribution in [0.1, 0.15) is 24.8 Å². The first-order valence-corrected chi connectivity index (χ1v) is 6.86. The molecule has 3 rings (SSSR count). The summed E-state index contributed by atoms with van der Waals surface area (Å²) < 4.78 is 0. The van der Waals surface area contributed by atoms with Crippen LogP contribution in [0.5, 0.6) is 0 Å². The normalized spacial score (nSPS) is 27.6. The van der Waals surface area contributed by atoms with E-state index in [1.54, 1.807) is 19.1 Å². The molecule has 0 aromatic heterocycles. The van der Waals surface area contributed by atoms with Crippen LogP contribution < -0.4 is 10.6 Å². The molecule has 2 aliphatic rings. The second-order valence-corrected chi connectivity index (χ2v) is 5.66. The number of benzene rings is 1. The van der Waals surface area contributed by atoms with Crippen molar-refractivity contribution in [2.24, 2.45) is 5.92 Å². The van der Waals surface area contributed by atoms with Gasteiger partial charge in [-0.15, -0.1) is 0 Å². The Morgan fingerprint density at radius 3 is 2.85 bits per heavy atom. The largest absolute Gasteiger partial charge is 0.320 e. The summed E-state index contributed by atoms with van der Waals surface area (Å²) in [6.45, 7) is 1.79. The summed E-state index contributed by atoms with van der Waals surface area (Å²) in [7, 11) is 0. The SMILES string of the molecule is Cc1ccc(NC(=O)C2CC3CCC2N3)c([N+](=O)[O-])c1. The van der Waals surface area contributed by atoms with Crippen LogP contribution in [-0.4, -0.2) is 22.9 Å². The Bertz CT molecular complexity index is 573. The highest BCUT2D eigenvalue weighted by atomic mass is 16.6. The summed E-state index contributed by atoms with van der Waals surface area (Å²) >= 11 is 0. The van der Waals surface area contributed by atoms with Gasteiger partial charge in [-0.2, -0.15) is 0 Å². The van der Waals surface area contributed by atoms with E-state index in [1.165, 1.54) is 6.07 Å². The Kier molecular flexibility index (Phi) is 3.17. The Balaban J connectivity index is 1.78. The van der Waals surface area contributed by atoms with Crippen molar-refractivity contribution in [1.82, 2.24) is 5.32 Å². The average Bonchev–Trinajstić information content (AvgIpc) is 3.03. The van der Waals surface area contributed by atoms with Crippen molar-refractivity contribution in [3.05, 3.63) is 33.9 Å². The van der Waals surface area contributed by atoms with Gasteiger partial charge in [-0.05, 0) is 37.8 Å². The van der Waals surface area contributed by atoms with E-state index < -0.39 is 4.92 Å². The molecule has 6 nitrogen and oxygen atoms in total. The van der Waals surface area contributed by atoms with Gasteiger partial charge < -0.3 is 10.6 Å². The van der Waals surface area contributed by atoms with E-state index in [0.29, 0.717) is 6.04 Å². The number of nitrogens with one attached hydrogen (secondary N) is 2. The molecule has 2 fully saturated rings. The molecule has 6 heteroatoms. The smallest absolute Gasteiger partial charge is 0.293 e. The average molecular weight is 275 g/mol. The minimum atomic E-state index is -0.457. The minimum Gasteiger partial charge on any atom is -0.320 e. The Hall–Kier alpha value is -1.95. The predicted molar refractivity (Wildman–Crippen MR) is 74.5 cm³/mol. The molecule has 2 aliphatic heterocycles. The molecule has 1 amide bonds. The first kappa shape index (κ1) is 13.1. The van der Waals surface area contributed by atoms with Gasteiger partial charge in [-0.3, -0.25) is 14.9 Å². The topological polar surface area (TPSA) is 84.3 Å². The zero-order chi connectivity index (χ0) is 14.3. The number of anilines is 1. The van der Waals surface area contributed by atoms with Gasteiger partial charge in [0.05, 0.1) is 10.8 Å². The monoisotopic (exact) mass is 275 g/mol. The Morgan fingerprint density at radius 1 is 1.45 bits per heavy atom. The van der Waals surface area contributed by atoms with Crippen LogP contribution >= 0.6 is 0 Å². The number of carbonyl (C=O) groups is 1. The van der Waals surface area contributed by atoms with Gasteiger partial charge in [0.15, 0.2) is 0 Å². The molecule has 106 valence electrons. The lowest BCUT2D eigenvalue weighted by atomic mass is 9.88. The van der Waals surface area contributed by atoms with Crippen LogP contribution in [0.2, 0.25) is 0 Å². The number of hydrogen-bond acceptors (Lipinski definition) is 4. The van der Waals surface area contributed by atoms with E-state index in [-0.39, 0.29) is 29.2 Å². The molecule has 1 aromatic carbocycles. The van der Waals surface area contributed by atoms with E-state index in [4.69, 9.17) is 0 Å². The summed E-state index contributed by atoms with van der Waals surface area (Å²) in [5.41, 5.74) is 1.04. The van der Waals surface area contributed by atoms with Crippen molar-refractivity contribution in [2.75, 3.05) is 5.32 Å². The highest BCUT2D eigenvalue weighted by molar-refractivity contribution is 5.95. The first-order valence-electron chi connectivity index (χ1n) is 6.86. The predicted octanol–water partition coefficient (Wildman–Crippen LogP) is 1.98. The third kappa shape index (κ3) is 2.27. The number of rotatable bonds is 3. The number of nitrogens with zero attached hydrogens (tertiary/aromatic N) is 1. The summed E-state index contributed by atoms with van der Waals surface area (Å²) in [6, 6.07) is 5.51. The maximum Gasteiger partial charge on any atom is 0.293 e. The van der Waals surface area contributed by atoms with Crippen molar-refractivity contribution in [3.8, 4) is 0 Å². The molecule has 3 atom stereocenters. The van der Waals surface area contributed by atoms with Crippen molar-refractivity contribution in [1.29, 1.82) is 0 Å². The van der Waals surface area contributed by atoms with Crippen molar-refractivity contribution < 1.29 is 9.72 Å². The van der Waals surface area contributed by atoms with E-state index in [9.17, 15) is 14.9 Å². The molecule has 0 aliphatic carbocycles. The molecule has 1 aromatic rings. The molecule has 0 saturated carbocycles. The van der Waals surface area contributed by atoms with E-state index >= 15 is 0 Å². The van der Waals surface area contributed by atoms with E-state index in [1.807, 2.05) is 0 Å². The molecule has 0 spiro atoms. The fourth-order valence-corrected chi connectivity index (χ4v) is 3.24. The van der Waals surface area contributed by atoms with Crippen LogP contribution in [0, 0.1) is 23.0 Å².